The third-order valence-electron chi connectivity index (χ3n) is 9.42. The van der Waals surface area contributed by atoms with Gasteiger partial charge in [-0.1, -0.05) is 51.9 Å². The van der Waals surface area contributed by atoms with E-state index in [2.05, 4.69) is 6.92 Å². The molecule has 130 valence electrons. The van der Waals surface area contributed by atoms with E-state index in [1.54, 1.807) is 83.5 Å². The van der Waals surface area contributed by atoms with Crippen LogP contribution in [-0.2, 0) is 0 Å². The van der Waals surface area contributed by atoms with E-state index in [-0.39, 0.29) is 0 Å². The van der Waals surface area contributed by atoms with Crippen LogP contribution in [0.4, 0.5) is 0 Å². The van der Waals surface area contributed by atoms with Crippen LogP contribution >= 0.6 is 0 Å². The number of hydrogen-bond acceptors (Lipinski definition) is 0. The van der Waals surface area contributed by atoms with Gasteiger partial charge in [-0.15, -0.1) is 0 Å². The average Bonchev–Trinajstić information content (AvgIpc) is 3.17. The Morgan fingerprint density at radius 3 is 2.09 bits per heavy atom. The molecule has 23 heavy (non-hydrogen) atoms. The van der Waals surface area contributed by atoms with Gasteiger partial charge in [0.05, 0.1) is 0 Å². The second-order valence-corrected chi connectivity index (χ2v) is 10.5. The summed E-state index contributed by atoms with van der Waals surface area (Å²) in [5.74, 6) is 10.2. The van der Waals surface area contributed by atoms with Gasteiger partial charge in [0.25, 0.3) is 0 Å². The quantitative estimate of drug-likeness (QED) is 0.505. The molecule has 0 N–H and O–H groups in total. The summed E-state index contributed by atoms with van der Waals surface area (Å²) in [6.45, 7) is 2.56. The number of rotatable bonds is 1. The fourth-order valence-corrected chi connectivity index (χ4v) is 8.86. The molecule has 9 atom stereocenters. The van der Waals surface area contributed by atoms with Gasteiger partial charge in [0.15, 0.2) is 0 Å². The maximum atomic E-state index is 2.56. The molecule has 0 nitrogen and oxygen atoms in total. The Hall–Kier alpha value is 0. The highest BCUT2D eigenvalue weighted by Crippen LogP contribution is 2.62. The van der Waals surface area contributed by atoms with E-state index in [0.29, 0.717) is 0 Å². The van der Waals surface area contributed by atoms with Gasteiger partial charge < -0.3 is 0 Å². The van der Waals surface area contributed by atoms with Crippen molar-refractivity contribution in [2.75, 3.05) is 0 Å². The fraction of sp³-hybridized carbons (Fsp3) is 1.00. The maximum absolute atomic E-state index is 2.56. The molecular weight excluding hydrogens is 276 g/mol. The van der Waals surface area contributed by atoms with E-state index in [1.165, 1.54) is 0 Å². The smallest absolute Gasteiger partial charge is 0.0321 e. The highest BCUT2D eigenvalue weighted by Gasteiger charge is 2.53. The molecule has 0 aromatic rings. The van der Waals surface area contributed by atoms with Gasteiger partial charge in [-0.3, -0.25) is 0 Å². The van der Waals surface area contributed by atoms with Crippen LogP contribution in [0.15, 0.2) is 0 Å². The largest absolute Gasteiger partial charge is 0.0625 e. The van der Waals surface area contributed by atoms with Crippen LogP contribution in [0.2, 0.25) is 0 Å². The van der Waals surface area contributed by atoms with Gasteiger partial charge in [0.2, 0.25) is 0 Å². The summed E-state index contributed by atoms with van der Waals surface area (Å²) in [6, 6.07) is 0. The highest BCUT2D eigenvalue weighted by molar-refractivity contribution is 5.03. The summed E-state index contributed by atoms with van der Waals surface area (Å²) in [5.41, 5.74) is 0. The van der Waals surface area contributed by atoms with Crippen molar-refractivity contribution in [1.29, 1.82) is 0 Å². The minimum absolute atomic E-state index is 1.04. The van der Waals surface area contributed by atoms with Crippen molar-refractivity contribution in [1.82, 2.24) is 0 Å². The van der Waals surface area contributed by atoms with Gasteiger partial charge >= 0.3 is 0 Å². The van der Waals surface area contributed by atoms with Crippen LogP contribution in [-0.4, -0.2) is 0 Å². The second-order valence-electron chi connectivity index (χ2n) is 10.5. The predicted molar refractivity (Wildman–Crippen MR) is 97.1 cm³/mol. The number of fused-ring (bicyclic) bond motifs is 3. The lowest BCUT2D eigenvalue weighted by Gasteiger charge is -2.52. The van der Waals surface area contributed by atoms with Crippen molar-refractivity contribution in [2.24, 2.45) is 53.3 Å². The summed E-state index contributed by atoms with van der Waals surface area (Å²) in [6.07, 6.45) is 20.7. The van der Waals surface area contributed by atoms with Crippen LogP contribution in [0.3, 0.4) is 0 Å². The number of hydrogen-bond donors (Lipinski definition) is 0. The molecular formula is C23H38. The van der Waals surface area contributed by atoms with Crippen LogP contribution in [0.5, 0.6) is 0 Å². The molecule has 0 aromatic heterocycles. The first kappa shape index (κ1) is 15.3. The standard InChI is InChI=1S/C23H38/c1-15-12-18-14-17-8-5-10-20(17)23(22(18)13-15)21-11-4-7-16-6-2-3-9-19(16)21/h15-23H,2-14H2,1H3. The van der Waals surface area contributed by atoms with E-state index in [9.17, 15) is 0 Å². The maximum Gasteiger partial charge on any atom is -0.0321 e. The molecule has 5 rings (SSSR count). The third-order valence-corrected chi connectivity index (χ3v) is 9.42. The molecule has 0 heterocycles. The Balaban J connectivity index is 1.45. The third kappa shape index (κ3) is 2.53. The molecule has 0 bridgehead atoms. The van der Waals surface area contributed by atoms with Crippen LogP contribution in [0, 0.1) is 53.3 Å². The van der Waals surface area contributed by atoms with Crippen molar-refractivity contribution in [3.8, 4) is 0 Å². The molecule has 5 aliphatic rings. The summed E-state index contributed by atoms with van der Waals surface area (Å²) < 4.78 is 0. The molecule has 0 heteroatoms. The first-order chi connectivity index (χ1) is 11.3. The monoisotopic (exact) mass is 314 g/mol. The van der Waals surface area contributed by atoms with E-state index in [0.717, 1.165) is 53.3 Å². The summed E-state index contributed by atoms with van der Waals surface area (Å²) in [4.78, 5) is 0. The first-order valence-corrected chi connectivity index (χ1v) is 11.3. The zero-order valence-corrected chi connectivity index (χ0v) is 15.4. The van der Waals surface area contributed by atoms with Gasteiger partial charge in [0.1, 0.15) is 0 Å². The van der Waals surface area contributed by atoms with E-state index >= 15 is 0 Å². The van der Waals surface area contributed by atoms with Gasteiger partial charge in [-0.2, -0.15) is 0 Å². The minimum Gasteiger partial charge on any atom is -0.0625 e. The second kappa shape index (κ2) is 6.06. The van der Waals surface area contributed by atoms with E-state index in [4.69, 9.17) is 0 Å². The summed E-state index contributed by atoms with van der Waals surface area (Å²) >= 11 is 0. The Kier molecular flexibility index (Phi) is 4.03. The van der Waals surface area contributed by atoms with Crippen molar-refractivity contribution in [3.05, 3.63) is 0 Å². The van der Waals surface area contributed by atoms with Crippen LogP contribution < -0.4 is 0 Å². The molecule has 0 aliphatic heterocycles. The predicted octanol–water partition coefficient (Wildman–Crippen LogP) is 6.69. The van der Waals surface area contributed by atoms with Gasteiger partial charge in [-0.25, -0.2) is 0 Å². The Labute approximate surface area is 144 Å². The molecule has 0 radical (unpaired) electrons. The molecule has 0 aromatic carbocycles. The van der Waals surface area contributed by atoms with Gasteiger partial charge in [0, 0.05) is 0 Å². The first-order valence-electron chi connectivity index (χ1n) is 11.3. The Morgan fingerprint density at radius 1 is 0.478 bits per heavy atom. The van der Waals surface area contributed by atoms with E-state index in [1.807, 2.05) is 0 Å². The zero-order chi connectivity index (χ0) is 15.4. The van der Waals surface area contributed by atoms with Crippen LogP contribution in [0.25, 0.3) is 0 Å². The van der Waals surface area contributed by atoms with Crippen molar-refractivity contribution in [3.63, 3.8) is 0 Å². The molecule has 0 saturated heterocycles. The highest BCUT2D eigenvalue weighted by atomic mass is 14.6. The minimum atomic E-state index is 1.04. The van der Waals surface area contributed by atoms with E-state index < -0.39 is 0 Å². The Morgan fingerprint density at radius 2 is 1.17 bits per heavy atom. The molecule has 5 aliphatic carbocycles. The SMILES string of the molecule is CC1CC2CC3CCCC3C(C3CCCC4CCCCC43)C2C1. The molecule has 0 spiro atoms. The zero-order valence-electron chi connectivity index (χ0n) is 15.4. The topological polar surface area (TPSA) is 0 Å². The van der Waals surface area contributed by atoms with Crippen LogP contribution in [0.1, 0.15) is 90.4 Å². The van der Waals surface area contributed by atoms with Crippen molar-refractivity contribution < 1.29 is 0 Å². The lowest BCUT2D eigenvalue weighted by atomic mass is 9.53. The molecule has 9 unspecified atom stereocenters. The fourth-order valence-electron chi connectivity index (χ4n) is 8.86. The lowest BCUT2D eigenvalue weighted by Crippen LogP contribution is -2.45. The molecule has 5 fully saturated rings. The Bertz CT molecular complexity index is 424. The summed E-state index contributed by atoms with van der Waals surface area (Å²) in [7, 11) is 0. The van der Waals surface area contributed by atoms with Crippen molar-refractivity contribution in [2.45, 2.75) is 90.4 Å². The molecule has 5 saturated carbocycles. The van der Waals surface area contributed by atoms with Crippen molar-refractivity contribution >= 4 is 0 Å². The lowest BCUT2D eigenvalue weighted by molar-refractivity contribution is -0.0344. The van der Waals surface area contributed by atoms with Gasteiger partial charge in [-0.05, 0) is 91.8 Å². The molecule has 0 amide bonds. The normalized spacial score (nSPS) is 56.0. The average molecular weight is 315 g/mol. The summed E-state index contributed by atoms with van der Waals surface area (Å²) in [5, 5.41) is 0.